The van der Waals surface area contributed by atoms with Crippen molar-refractivity contribution >= 4 is 27.0 Å². The van der Waals surface area contributed by atoms with Gasteiger partial charge in [0, 0.05) is 17.1 Å². The molecule has 10 heteroatoms. The van der Waals surface area contributed by atoms with Crippen molar-refractivity contribution in [2.24, 2.45) is 0 Å². The molecule has 6 nitrogen and oxygen atoms in total. The third kappa shape index (κ3) is 3.03. The summed E-state index contributed by atoms with van der Waals surface area (Å²) in [6, 6.07) is 1.10. The first-order valence-corrected chi connectivity index (χ1v) is 7.57. The minimum atomic E-state index is -4.21. The molecule has 0 saturated carbocycles. The summed E-state index contributed by atoms with van der Waals surface area (Å²) in [5, 5.41) is 1.43. The first-order valence-electron chi connectivity index (χ1n) is 5.20. The van der Waals surface area contributed by atoms with Crippen molar-refractivity contribution in [1.82, 2.24) is 9.71 Å². The number of nitrogens with two attached hydrogens (primary N) is 1. The summed E-state index contributed by atoms with van der Waals surface area (Å²) < 4.78 is 52.3. The van der Waals surface area contributed by atoms with Crippen molar-refractivity contribution < 1.29 is 17.2 Å². The largest absolute Gasteiger partial charge is 0.396 e. The Bertz CT molecular complexity index is 798. The maximum absolute atomic E-state index is 13.5. The Hall–Kier alpha value is -1.78. The SMILES string of the molecule is Nc1cc(S(=O)(=O)NCc2csc(=O)[nH]2)c(F)cc1F. The van der Waals surface area contributed by atoms with Crippen molar-refractivity contribution in [1.29, 1.82) is 0 Å². The van der Waals surface area contributed by atoms with Gasteiger partial charge in [-0.25, -0.2) is 21.9 Å². The van der Waals surface area contributed by atoms with Crippen molar-refractivity contribution in [2.45, 2.75) is 11.4 Å². The zero-order valence-electron chi connectivity index (χ0n) is 9.81. The molecule has 20 heavy (non-hydrogen) atoms. The number of nitrogens with one attached hydrogen (secondary N) is 2. The molecule has 0 aliphatic rings. The Morgan fingerprint density at radius 1 is 1.30 bits per heavy atom. The summed E-state index contributed by atoms with van der Waals surface area (Å²) in [7, 11) is -4.21. The van der Waals surface area contributed by atoms with Crippen LogP contribution in [-0.4, -0.2) is 13.4 Å². The molecule has 2 rings (SSSR count). The molecule has 1 aromatic carbocycles. The monoisotopic (exact) mass is 321 g/mol. The van der Waals surface area contributed by atoms with E-state index in [1.54, 1.807) is 0 Å². The van der Waals surface area contributed by atoms with Gasteiger partial charge in [-0.2, -0.15) is 0 Å². The number of thiazole rings is 1. The number of H-pyrrole nitrogens is 1. The van der Waals surface area contributed by atoms with Gasteiger partial charge in [-0.05, 0) is 6.07 Å². The van der Waals surface area contributed by atoms with Crippen LogP contribution in [0, 0.1) is 11.6 Å². The van der Waals surface area contributed by atoms with Gasteiger partial charge in [-0.15, -0.1) is 0 Å². The number of sulfonamides is 1. The fourth-order valence-electron chi connectivity index (χ4n) is 1.40. The zero-order valence-corrected chi connectivity index (χ0v) is 11.4. The Morgan fingerprint density at radius 2 is 2.00 bits per heavy atom. The van der Waals surface area contributed by atoms with Crippen molar-refractivity contribution in [2.75, 3.05) is 5.73 Å². The molecule has 0 radical (unpaired) electrons. The van der Waals surface area contributed by atoms with E-state index in [9.17, 15) is 22.0 Å². The van der Waals surface area contributed by atoms with Crippen LogP contribution in [0.4, 0.5) is 14.5 Å². The molecule has 1 heterocycles. The first-order chi connectivity index (χ1) is 9.29. The summed E-state index contributed by atoms with van der Waals surface area (Å²) in [6.07, 6.45) is 0. The molecular weight excluding hydrogens is 312 g/mol. The van der Waals surface area contributed by atoms with Crippen molar-refractivity contribution in [3.63, 3.8) is 0 Å². The minimum Gasteiger partial charge on any atom is -0.396 e. The summed E-state index contributed by atoms with van der Waals surface area (Å²) in [5.74, 6) is -2.29. The molecule has 0 saturated heterocycles. The fraction of sp³-hybridized carbons (Fsp3) is 0.100. The molecule has 0 atom stereocenters. The van der Waals surface area contributed by atoms with E-state index < -0.39 is 32.2 Å². The van der Waals surface area contributed by atoms with E-state index in [0.717, 1.165) is 11.3 Å². The van der Waals surface area contributed by atoms with E-state index in [4.69, 9.17) is 5.73 Å². The number of benzene rings is 1. The Labute approximate surface area is 116 Å². The second kappa shape index (κ2) is 5.31. The van der Waals surface area contributed by atoms with Gasteiger partial charge in [0.2, 0.25) is 10.0 Å². The van der Waals surface area contributed by atoms with Gasteiger partial charge in [0.15, 0.2) is 0 Å². The summed E-state index contributed by atoms with van der Waals surface area (Å²) in [4.78, 5) is 12.2. The van der Waals surface area contributed by atoms with Crippen LogP contribution in [0.1, 0.15) is 5.69 Å². The van der Waals surface area contributed by atoms with Crippen LogP contribution < -0.4 is 15.3 Å². The Balaban J connectivity index is 2.26. The zero-order chi connectivity index (χ0) is 14.9. The van der Waals surface area contributed by atoms with Gasteiger partial charge >= 0.3 is 4.87 Å². The third-order valence-corrected chi connectivity index (χ3v) is 4.50. The highest BCUT2D eigenvalue weighted by Crippen LogP contribution is 2.20. The maximum atomic E-state index is 13.5. The van der Waals surface area contributed by atoms with Crippen molar-refractivity contribution in [3.8, 4) is 0 Å². The predicted octanol–water partition coefficient (Wildman–Crippen LogP) is 0.775. The smallest absolute Gasteiger partial charge is 0.304 e. The van der Waals surface area contributed by atoms with E-state index in [1.165, 1.54) is 5.38 Å². The summed E-state index contributed by atoms with van der Waals surface area (Å²) in [6.45, 7) is -0.224. The lowest BCUT2D eigenvalue weighted by atomic mass is 10.3. The van der Waals surface area contributed by atoms with Gasteiger partial charge in [-0.1, -0.05) is 11.3 Å². The number of hydrogen-bond acceptors (Lipinski definition) is 5. The highest BCUT2D eigenvalue weighted by Gasteiger charge is 2.21. The van der Waals surface area contributed by atoms with Gasteiger partial charge in [0.25, 0.3) is 0 Å². The van der Waals surface area contributed by atoms with Crippen LogP contribution >= 0.6 is 11.3 Å². The van der Waals surface area contributed by atoms with E-state index >= 15 is 0 Å². The molecule has 1 aromatic heterocycles. The minimum absolute atomic E-state index is 0.224. The lowest BCUT2D eigenvalue weighted by Gasteiger charge is -2.08. The molecule has 0 unspecified atom stereocenters. The number of rotatable bonds is 4. The Morgan fingerprint density at radius 3 is 2.60 bits per heavy atom. The average Bonchev–Trinajstić information content (AvgIpc) is 2.77. The van der Waals surface area contributed by atoms with Crippen LogP contribution in [0.2, 0.25) is 0 Å². The molecule has 0 bridgehead atoms. The van der Waals surface area contributed by atoms with E-state index in [-0.39, 0.29) is 11.4 Å². The quantitative estimate of drug-likeness (QED) is 0.724. The van der Waals surface area contributed by atoms with E-state index in [2.05, 4.69) is 9.71 Å². The molecule has 0 aliphatic heterocycles. The average molecular weight is 321 g/mol. The lowest BCUT2D eigenvalue weighted by molar-refractivity contribution is 0.544. The number of nitrogen functional groups attached to an aromatic ring is 1. The Kier molecular flexibility index (Phi) is 3.88. The third-order valence-electron chi connectivity index (χ3n) is 2.36. The number of anilines is 1. The van der Waals surface area contributed by atoms with Crippen molar-refractivity contribution in [3.05, 3.63) is 44.5 Å². The molecule has 0 spiro atoms. The van der Waals surface area contributed by atoms with Crippen LogP contribution in [0.25, 0.3) is 0 Å². The second-order valence-corrected chi connectivity index (χ2v) is 6.38. The van der Waals surface area contributed by atoms with Crippen LogP contribution in [0.15, 0.2) is 27.2 Å². The van der Waals surface area contributed by atoms with Crippen LogP contribution in [0.3, 0.4) is 0 Å². The normalized spacial score (nSPS) is 11.7. The van der Waals surface area contributed by atoms with Gasteiger partial charge in [0.1, 0.15) is 16.5 Å². The molecule has 2 aromatic rings. The van der Waals surface area contributed by atoms with Gasteiger partial charge < -0.3 is 10.7 Å². The van der Waals surface area contributed by atoms with Crippen LogP contribution in [0.5, 0.6) is 0 Å². The number of aromatic amines is 1. The number of halogens is 2. The standard InChI is InChI=1S/C10H9F2N3O3S2/c11-6-1-7(12)9(2-8(6)13)20(17,18)14-3-5-4-19-10(16)15-5/h1-2,4,14H,3,13H2,(H,15,16). The summed E-state index contributed by atoms with van der Waals surface area (Å²) in [5.41, 5.74) is 5.07. The number of aromatic nitrogens is 1. The molecular formula is C10H9F2N3O3S2. The summed E-state index contributed by atoms with van der Waals surface area (Å²) >= 11 is 0.869. The highest BCUT2D eigenvalue weighted by molar-refractivity contribution is 7.89. The molecule has 0 fully saturated rings. The molecule has 108 valence electrons. The van der Waals surface area contributed by atoms with E-state index in [1.807, 2.05) is 0 Å². The second-order valence-electron chi connectivity index (χ2n) is 3.80. The molecule has 4 N–H and O–H groups in total. The first kappa shape index (κ1) is 14.6. The van der Waals surface area contributed by atoms with Gasteiger partial charge in [0.05, 0.1) is 12.2 Å². The highest BCUT2D eigenvalue weighted by atomic mass is 32.2. The lowest BCUT2D eigenvalue weighted by Crippen LogP contribution is -2.25. The van der Waals surface area contributed by atoms with Gasteiger partial charge in [-0.3, -0.25) is 4.79 Å². The molecule has 0 aliphatic carbocycles. The maximum Gasteiger partial charge on any atom is 0.304 e. The topological polar surface area (TPSA) is 105 Å². The van der Waals surface area contributed by atoms with Crippen LogP contribution in [-0.2, 0) is 16.6 Å². The molecule has 0 amide bonds. The predicted molar refractivity (Wildman–Crippen MR) is 69.7 cm³/mol. The van der Waals surface area contributed by atoms with E-state index in [0.29, 0.717) is 17.8 Å². The fourth-order valence-corrected chi connectivity index (χ4v) is 3.08. The number of hydrogen-bond donors (Lipinski definition) is 3.